The van der Waals surface area contributed by atoms with Crippen molar-refractivity contribution >= 4 is 23.9 Å². The number of rotatable bonds is 10. The number of carbonyl (C=O) groups is 4. The molecule has 0 heterocycles. The van der Waals surface area contributed by atoms with E-state index in [1.807, 2.05) is 0 Å². The van der Waals surface area contributed by atoms with Crippen molar-refractivity contribution in [1.82, 2.24) is 0 Å². The van der Waals surface area contributed by atoms with E-state index in [2.05, 4.69) is 31.1 Å². The van der Waals surface area contributed by atoms with Crippen molar-refractivity contribution in [3.8, 4) is 0 Å². The Kier molecular flexibility index (Phi) is 13.4. The first-order chi connectivity index (χ1) is 12.8. The molecular weight excluding hydrogens is 372 g/mol. The normalized spacial score (nSPS) is 10.3. The van der Waals surface area contributed by atoms with Crippen LogP contribution in [0.2, 0.25) is 0 Å². The van der Waals surface area contributed by atoms with Gasteiger partial charge in [0.25, 0.3) is 0 Å². The molecule has 9 heteroatoms. The summed E-state index contributed by atoms with van der Waals surface area (Å²) < 4.78 is 14.5. The third kappa shape index (κ3) is 12.2. The smallest absolute Gasteiger partial charge is 0.337 e. The number of aliphatic hydroxyl groups is 1. The highest BCUT2D eigenvalue weighted by molar-refractivity contribution is 5.92. The number of hydrogen-bond donors (Lipinski definition) is 2. The molecule has 1 unspecified atom stereocenters. The average molecular weight is 398 g/mol. The molecule has 156 valence electrons. The van der Waals surface area contributed by atoms with E-state index in [4.69, 9.17) is 19.7 Å². The number of hydrogen-bond acceptors (Lipinski definition) is 8. The molecule has 9 nitrogen and oxygen atoms in total. The second-order valence-corrected chi connectivity index (χ2v) is 5.52. The standard InChI is InChI=1S/C15H20O7.C4H6O2/c1-9(2)13(17)21-8-12(22-14(18)10(3)4)11(5)15(19)20-7-6-16;1-3(2)4(5)6/h12,16H,1,3,5-8H2,2,4H3;1H2,2H3,(H,5,6). The summed E-state index contributed by atoms with van der Waals surface area (Å²) in [6, 6.07) is 0. The molecule has 0 saturated carbocycles. The number of aliphatic carboxylic acids is 1. The van der Waals surface area contributed by atoms with E-state index in [0.29, 0.717) is 0 Å². The van der Waals surface area contributed by atoms with Gasteiger partial charge in [0, 0.05) is 16.7 Å². The number of ether oxygens (including phenoxy) is 3. The molecule has 0 saturated heterocycles. The molecule has 1 atom stereocenters. The Morgan fingerprint density at radius 2 is 1.29 bits per heavy atom. The second kappa shape index (κ2) is 13.9. The van der Waals surface area contributed by atoms with Crippen molar-refractivity contribution in [3.05, 3.63) is 48.6 Å². The van der Waals surface area contributed by atoms with Gasteiger partial charge in [-0.15, -0.1) is 0 Å². The number of carboxylic acid groups (broad SMARTS) is 1. The van der Waals surface area contributed by atoms with E-state index in [-0.39, 0.29) is 35.5 Å². The molecule has 0 aromatic heterocycles. The fourth-order valence-electron chi connectivity index (χ4n) is 1.07. The van der Waals surface area contributed by atoms with Crippen molar-refractivity contribution in [3.63, 3.8) is 0 Å². The van der Waals surface area contributed by atoms with Crippen LogP contribution >= 0.6 is 0 Å². The predicted octanol–water partition coefficient (Wildman–Crippen LogP) is 1.33. The summed E-state index contributed by atoms with van der Waals surface area (Å²) in [4.78, 5) is 44.2. The third-order valence-electron chi connectivity index (χ3n) is 2.65. The van der Waals surface area contributed by atoms with Crippen molar-refractivity contribution in [2.24, 2.45) is 0 Å². The highest BCUT2D eigenvalue weighted by atomic mass is 16.6. The lowest BCUT2D eigenvalue weighted by atomic mass is 10.1. The van der Waals surface area contributed by atoms with Crippen molar-refractivity contribution in [2.75, 3.05) is 19.8 Å². The summed E-state index contributed by atoms with van der Waals surface area (Å²) >= 11 is 0. The summed E-state index contributed by atoms with van der Waals surface area (Å²) in [6.45, 7) is 16.7. The summed E-state index contributed by atoms with van der Waals surface area (Å²) in [5.74, 6) is -3.28. The molecule has 0 fully saturated rings. The summed E-state index contributed by atoms with van der Waals surface area (Å²) in [5, 5.41) is 16.5. The van der Waals surface area contributed by atoms with Gasteiger partial charge in [-0.05, 0) is 20.8 Å². The van der Waals surface area contributed by atoms with Gasteiger partial charge in [-0.3, -0.25) is 0 Å². The van der Waals surface area contributed by atoms with Crippen LogP contribution in [0.15, 0.2) is 48.6 Å². The van der Waals surface area contributed by atoms with Crippen LogP contribution in [0.1, 0.15) is 20.8 Å². The minimum atomic E-state index is -1.22. The van der Waals surface area contributed by atoms with E-state index < -0.39 is 36.6 Å². The molecule has 0 aliphatic rings. The molecule has 0 aromatic rings. The van der Waals surface area contributed by atoms with Gasteiger partial charge in [0.2, 0.25) is 0 Å². The van der Waals surface area contributed by atoms with Crippen LogP contribution < -0.4 is 0 Å². The van der Waals surface area contributed by atoms with Gasteiger partial charge in [0.15, 0.2) is 6.10 Å². The largest absolute Gasteiger partial charge is 0.478 e. The summed E-state index contributed by atoms with van der Waals surface area (Å²) in [5.41, 5.74) is 0.207. The van der Waals surface area contributed by atoms with Crippen LogP contribution in [0, 0.1) is 0 Å². The van der Waals surface area contributed by atoms with Crippen LogP contribution in [0.3, 0.4) is 0 Å². The molecular formula is C19H26O9. The Labute approximate surface area is 163 Å². The molecule has 0 aromatic carbocycles. The number of carbonyl (C=O) groups excluding carboxylic acids is 3. The van der Waals surface area contributed by atoms with Gasteiger partial charge in [-0.2, -0.15) is 0 Å². The lowest BCUT2D eigenvalue weighted by Crippen LogP contribution is -2.31. The molecule has 0 amide bonds. The maximum Gasteiger partial charge on any atom is 0.337 e. The van der Waals surface area contributed by atoms with Crippen molar-refractivity contribution in [1.29, 1.82) is 0 Å². The van der Waals surface area contributed by atoms with E-state index in [1.165, 1.54) is 20.8 Å². The van der Waals surface area contributed by atoms with Gasteiger partial charge in [-0.25, -0.2) is 19.2 Å². The number of esters is 3. The van der Waals surface area contributed by atoms with E-state index in [0.717, 1.165) is 0 Å². The number of carboxylic acids is 1. The van der Waals surface area contributed by atoms with E-state index >= 15 is 0 Å². The fraction of sp³-hybridized carbons (Fsp3) is 0.368. The van der Waals surface area contributed by atoms with Gasteiger partial charge in [-0.1, -0.05) is 26.3 Å². The lowest BCUT2D eigenvalue weighted by molar-refractivity contribution is -0.154. The van der Waals surface area contributed by atoms with Gasteiger partial charge < -0.3 is 24.4 Å². The highest BCUT2D eigenvalue weighted by Gasteiger charge is 2.26. The fourth-order valence-corrected chi connectivity index (χ4v) is 1.07. The van der Waals surface area contributed by atoms with Crippen LogP contribution in [-0.2, 0) is 33.4 Å². The SMILES string of the molecule is C=C(C)C(=O)O.C=C(C)C(=O)OCC(OC(=O)C(=C)C)C(=C)C(=O)OCCO. The van der Waals surface area contributed by atoms with Crippen LogP contribution in [0.5, 0.6) is 0 Å². The van der Waals surface area contributed by atoms with Gasteiger partial charge in [0.1, 0.15) is 13.2 Å². The Bertz CT molecular complexity index is 646. The zero-order valence-electron chi connectivity index (χ0n) is 16.3. The molecule has 0 aliphatic heterocycles. The first-order valence-electron chi connectivity index (χ1n) is 7.89. The molecule has 0 radical (unpaired) electrons. The monoisotopic (exact) mass is 398 g/mol. The summed E-state index contributed by atoms with van der Waals surface area (Å²) in [7, 11) is 0. The highest BCUT2D eigenvalue weighted by Crippen LogP contribution is 2.11. The Balaban J connectivity index is 0. The first kappa shape index (κ1) is 27.0. The minimum Gasteiger partial charge on any atom is -0.478 e. The maximum absolute atomic E-state index is 11.7. The topological polar surface area (TPSA) is 136 Å². The molecule has 0 spiro atoms. The van der Waals surface area contributed by atoms with Gasteiger partial charge >= 0.3 is 23.9 Å². The lowest BCUT2D eigenvalue weighted by Gasteiger charge is -2.19. The zero-order valence-corrected chi connectivity index (χ0v) is 16.3. The summed E-state index contributed by atoms with van der Waals surface area (Å²) in [6.07, 6.45) is -1.22. The van der Waals surface area contributed by atoms with Crippen LogP contribution in [0.25, 0.3) is 0 Å². The molecule has 28 heavy (non-hydrogen) atoms. The quantitative estimate of drug-likeness (QED) is 0.317. The van der Waals surface area contributed by atoms with E-state index in [1.54, 1.807) is 0 Å². The Morgan fingerprint density at radius 1 is 0.821 bits per heavy atom. The van der Waals surface area contributed by atoms with Crippen LogP contribution in [-0.4, -0.2) is 60.0 Å². The van der Waals surface area contributed by atoms with Gasteiger partial charge in [0.05, 0.1) is 12.2 Å². The molecule has 0 bridgehead atoms. The average Bonchev–Trinajstić information content (AvgIpc) is 2.61. The zero-order chi connectivity index (χ0) is 22.4. The number of aliphatic hydroxyl groups excluding tert-OH is 1. The maximum atomic E-state index is 11.7. The van der Waals surface area contributed by atoms with Crippen molar-refractivity contribution < 1.29 is 43.6 Å². The minimum absolute atomic E-state index is 0.104. The Hall–Kier alpha value is -3.20. The second-order valence-electron chi connectivity index (χ2n) is 5.52. The van der Waals surface area contributed by atoms with Crippen molar-refractivity contribution in [2.45, 2.75) is 26.9 Å². The van der Waals surface area contributed by atoms with E-state index in [9.17, 15) is 19.2 Å². The Morgan fingerprint density at radius 3 is 1.64 bits per heavy atom. The molecule has 0 aliphatic carbocycles. The van der Waals surface area contributed by atoms with Crippen LogP contribution in [0.4, 0.5) is 0 Å². The molecule has 2 N–H and O–H groups in total. The first-order valence-corrected chi connectivity index (χ1v) is 7.89. The predicted molar refractivity (Wildman–Crippen MR) is 100 cm³/mol. The molecule has 0 rings (SSSR count). The third-order valence-corrected chi connectivity index (χ3v) is 2.65.